The SMILES string of the molecule is CC(O)c1cccc(NC(=O)N(CC2CC2)C2CC2)c1. The van der Waals surface area contributed by atoms with Crippen molar-refractivity contribution >= 4 is 11.7 Å². The zero-order chi connectivity index (χ0) is 14.1. The molecule has 2 aliphatic rings. The minimum absolute atomic E-state index is 0.00198. The Bertz CT molecular complexity index is 493. The monoisotopic (exact) mass is 274 g/mol. The van der Waals surface area contributed by atoms with E-state index in [0.717, 1.165) is 30.6 Å². The number of anilines is 1. The van der Waals surface area contributed by atoms with E-state index in [1.807, 2.05) is 29.2 Å². The molecule has 2 saturated carbocycles. The number of amides is 2. The average Bonchev–Trinajstić information content (AvgIpc) is 3.28. The molecule has 1 atom stereocenters. The lowest BCUT2D eigenvalue weighted by molar-refractivity contribution is 0.199. The van der Waals surface area contributed by atoms with Gasteiger partial charge < -0.3 is 15.3 Å². The lowest BCUT2D eigenvalue weighted by Crippen LogP contribution is -2.38. The molecule has 4 heteroatoms. The largest absolute Gasteiger partial charge is 0.389 e. The van der Waals surface area contributed by atoms with E-state index in [2.05, 4.69) is 5.32 Å². The Morgan fingerprint density at radius 2 is 2.15 bits per heavy atom. The zero-order valence-electron chi connectivity index (χ0n) is 11.9. The second-order valence-electron chi connectivity index (χ2n) is 6.06. The Hall–Kier alpha value is -1.55. The van der Waals surface area contributed by atoms with E-state index >= 15 is 0 Å². The zero-order valence-corrected chi connectivity index (χ0v) is 11.9. The molecule has 0 heterocycles. The van der Waals surface area contributed by atoms with Crippen LogP contribution >= 0.6 is 0 Å². The fraction of sp³-hybridized carbons (Fsp3) is 0.562. The maximum atomic E-state index is 12.4. The Morgan fingerprint density at radius 1 is 1.40 bits per heavy atom. The third-order valence-corrected chi connectivity index (χ3v) is 4.02. The number of nitrogens with one attached hydrogen (secondary N) is 1. The second kappa shape index (κ2) is 5.44. The summed E-state index contributed by atoms with van der Waals surface area (Å²) < 4.78 is 0. The van der Waals surface area contributed by atoms with E-state index in [9.17, 15) is 9.90 Å². The lowest BCUT2D eigenvalue weighted by Gasteiger charge is -2.23. The van der Waals surface area contributed by atoms with Gasteiger partial charge in [0.1, 0.15) is 0 Å². The van der Waals surface area contributed by atoms with Crippen molar-refractivity contribution in [3.8, 4) is 0 Å². The highest BCUT2D eigenvalue weighted by molar-refractivity contribution is 5.89. The first-order valence-corrected chi connectivity index (χ1v) is 7.49. The van der Waals surface area contributed by atoms with Crippen LogP contribution in [-0.4, -0.2) is 28.6 Å². The summed E-state index contributed by atoms with van der Waals surface area (Å²) in [6.07, 6.45) is 4.27. The van der Waals surface area contributed by atoms with Gasteiger partial charge in [-0.05, 0) is 56.2 Å². The van der Waals surface area contributed by atoms with Crippen molar-refractivity contribution in [1.82, 2.24) is 4.90 Å². The predicted octanol–water partition coefficient (Wildman–Crippen LogP) is 3.15. The Morgan fingerprint density at radius 3 is 2.75 bits per heavy atom. The minimum Gasteiger partial charge on any atom is -0.389 e. The number of carbonyl (C=O) groups excluding carboxylic acids is 1. The highest BCUT2D eigenvalue weighted by atomic mass is 16.3. The third-order valence-electron chi connectivity index (χ3n) is 4.02. The van der Waals surface area contributed by atoms with Crippen LogP contribution in [0.25, 0.3) is 0 Å². The van der Waals surface area contributed by atoms with Crippen LogP contribution in [0.5, 0.6) is 0 Å². The van der Waals surface area contributed by atoms with Gasteiger partial charge >= 0.3 is 6.03 Å². The number of urea groups is 1. The maximum Gasteiger partial charge on any atom is 0.322 e. The van der Waals surface area contributed by atoms with Gasteiger partial charge in [0.2, 0.25) is 0 Å². The van der Waals surface area contributed by atoms with Crippen molar-refractivity contribution in [1.29, 1.82) is 0 Å². The van der Waals surface area contributed by atoms with E-state index in [-0.39, 0.29) is 6.03 Å². The van der Waals surface area contributed by atoms with E-state index in [1.165, 1.54) is 12.8 Å². The van der Waals surface area contributed by atoms with E-state index < -0.39 is 6.10 Å². The van der Waals surface area contributed by atoms with E-state index in [4.69, 9.17) is 0 Å². The molecule has 108 valence electrons. The molecule has 0 aliphatic heterocycles. The Labute approximate surface area is 119 Å². The molecule has 2 amide bonds. The molecule has 1 aromatic rings. The number of rotatable bonds is 5. The van der Waals surface area contributed by atoms with Gasteiger partial charge in [-0.25, -0.2) is 4.79 Å². The summed E-state index contributed by atoms with van der Waals surface area (Å²) >= 11 is 0. The van der Waals surface area contributed by atoms with E-state index in [1.54, 1.807) is 6.92 Å². The standard InChI is InChI=1S/C16H22N2O2/c1-11(19)13-3-2-4-14(9-13)17-16(20)18(15-7-8-15)10-12-5-6-12/h2-4,9,11-12,15,19H,5-8,10H2,1H3,(H,17,20). The van der Waals surface area contributed by atoms with Gasteiger partial charge in [-0.1, -0.05) is 12.1 Å². The number of nitrogens with zero attached hydrogens (tertiary/aromatic N) is 1. The van der Waals surface area contributed by atoms with Crippen LogP contribution in [0.15, 0.2) is 24.3 Å². The molecule has 0 spiro atoms. The van der Waals surface area contributed by atoms with Crippen LogP contribution < -0.4 is 5.32 Å². The lowest BCUT2D eigenvalue weighted by atomic mass is 10.1. The van der Waals surface area contributed by atoms with Gasteiger partial charge in [0.15, 0.2) is 0 Å². The van der Waals surface area contributed by atoms with Crippen LogP contribution in [0.2, 0.25) is 0 Å². The van der Waals surface area contributed by atoms with Gasteiger partial charge in [-0.15, -0.1) is 0 Å². The summed E-state index contributed by atoms with van der Waals surface area (Å²) in [4.78, 5) is 14.4. The summed E-state index contributed by atoms with van der Waals surface area (Å²) in [5.41, 5.74) is 1.58. The highest BCUT2D eigenvalue weighted by Gasteiger charge is 2.36. The molecular formula is C16H22N2O2. The summed E-state index contributed by atoms with van der Waals surface area (Å²) in [6, 6.07) is 7.87. The van der Waals surface area contributed by atoms with Crippen LogP contribution in [-0.2, 0) is 0 Å². The number of hydrogen-bond acceptors (Lipinski definition) is 2. The molecule has 20 heavy (non-hydrogen) atoms. The molecule has 4 nitrogen and oxygen atoms in total. The number of carbonyl (C=O) groups is 1. The molecule has 0 radical (unpaired) electrons. The molecule has 3 rings (SSSR count). The van der Waals surface area contributed by atoms with Gasteiger partial charge in [-0.3, -0.25) is 0 Å². The smallest absolute Gasteiger partial charge is 0.322 e. The first-order valence-electron chi connectivity index (χ1n) is 7.49. The van der Waals surface area contributed by atoms with Crippen molar-refractivity contribution < 1.29 is 9.90 Å². The first kappa shape index (κ1) is 13.4. The molecule has 0 bridgehead atoms. The molecule has 1 aromatic carbocycles. The van der Waals surface area contributed by atoms with Gasteiger partial charge in [0.05, 0.1) is 6.10 Å². The average molecular weight is 274 g/mol. The minimum atomic E-state index is -0.516. The number of benzene rings is 1. The summed E-state index contributed by atoms with van der Waals surface area (Å²) in [7, 11) is 0. The van der Waals surface area contributed by atoms with Crippen molar-refractivity contribution in [2.24, 2.45) is 5.92 Å². The summed E-state index contributed by atoms with van der Waals surface area (Å²) in [5, 5.41) is 12.6. The summed E-state index contributed by atoms with van der Waals surface area (Å²) in [5.74, 6) is 0.713. The second-order valence-corrected chi connectivity index (χ2v) is 6.06. The molecular weight excluding hydrogens is 252 g/mol. The number of aliphatic hydroxyl groups is 1. The normalized spacial score (nSPS) is 19.5. The number of aliphatic hydroxyl groups excluding tert-OH is 1. The maximum absolute atomic E-state index is 12.4. The van der Waals surface area contributed by atoms with Crippen LogP contribution in [0, 0.1) is 5.92 Å². The third kappa shape index (κ3) is 3.31. The van der Waals surface area contributed by atoms with Crippen LogP contribution in [0.4, 0.5) is 10.5 Å². The molecule has 0 aromatic heterocycles. The molecule has 2 aliphatic carbocycles. The molecule has 2 N–H and O–H groups in total. The topological polar surface area (TPSA) is 52.6 Å². The van der Waals surface area contributed by atoms with Crippen LogP contribution in [0.1, 0.15) is 44.3 Å². The van der Waals surface area contributed by atoms with E-state index in [0.29, 0.717) is 12.0 Å². The summed E-state index contributed by atoms with van der Waals surface area (Å²) in [6.45, 7) is 2.62. The fourth-order valence-electron chi connectivity index (χ4n) is 2.43. The quantitative estimate of drug-likeness (QED) is 0.866. The fourth-order valence-corrected chi connectivity index (χ4v) is 2.43. The van der Waals surface area contributed by atoms with Crippen molar-refractivity contribution in [2.45, 2.75) is 44.8 Å². The highest BCUT2D eigenvalue weighted by Crippen LogP contribution is 2.35. The Balaban J connectivity index is 1.65. The first-order chi connectivity index (χ1) is 9.63. The van der Waals surface area contributed by atoms with Gasteiger partial charge in [0, 0.05) is 18.3 Å². The molecule has 1 unspecified atom stereocenters. The van der Waals surface area contributed by atoms with Crippen molar-refractivity contribution in [3.63, 3.8) is 0 Å². The Kier molecular flexibility index (Phi) is 3.66. The molecule has 2 fully saturated rings. The van der Waals surface area contributed by atoms with Crippen LogP contribution in [0.3, 0.4) is 0 Å². The predicted molar refractivity (Wildman–Crippen MR) is 78.5 cm³/mol. The number of hydrogen-bond donors (Lipinski definition) is 2. The molecule has 0 saturated heterocycles. The van der Waals surface area contributed by atoms with Crippen molar-refractivity contribution in [2.75, 3.05) is 11.9 Å². The van der Waals surface area contributed by atoms with Gasteiger partial charge in [-0.2, -0.15) is 0 Å². The van der Waals surface area contributed by atoms with Crippen molar-refractivity contribution in [3.05, 3.63) is 29.8 Å². The van der Waals surface area contributed by atoms with Gasteiger partial charge in [0.25, 0.3) is 0 Å².